The Hall–Kier alpha value is -1.91. The SMILES string of the molecule is CC1C2=C(CCC[CH-]2)C2=C1CCCC2.CC1C2=C(CCC[CH-]2)C2=C1CCCC2.O=C(O)c1ccccc1.O=C(O)c1ccccc1.[Cl-].[Cl-].[Ti].[Ti]. The second-order valence-electron chi connectivity index (χ2n) is 13.3. The maximum absolute atomic E-state index is 10.2. The van der Waals surface area contributed by atoms with E-state index in [9.17, 15) is 9.59 Å². The molecule has 8 rings (SSSR count). The van der Waals surface area contributed by atoms with Crippen LogP contribution in [0.3, 0.4) is 0 Å². The third kappa shape index (κ3) is 11.5. The largest absolute Gasteiger partial charge is 1.00 e. The Balaban J connectivity index is 0.000000332. The van der Waals surface area contributed by atoms with Crippen LogP contribution >= 0.6 is 0 Å². The molecule has 2 aromatic rings. The van der Waals surface area contributed by atoms with Crippen molar-refractivity contribution in [3.05, 3.63) is 129 Å². The maximum atomic E-state index is 10.2. The van der Waals surface area contributed by atoms with Crippen molar-refractivity contribution in [3.63, 3.8) is 0 Å². The van der Waals surface area contributed by atoms with E-state index >= 15 is 0 Å². The van der Waals surface area contributed by atoms with E-state index in [0.29, 0.717) is 11.1 Å². The number of hydrogen-bond donors (Lipinski definition) is 2. The third-order valence-corrected chi connectivity index (χ3v) is 10.5. The van der Waals surface area contributed by atoms with Gasteiger partial charge in [0.05, 0.1) is 11.1 Å². The maximum Gasteiger partial charge on any atom is 0.335 e. The zero-order valence-electron chi connectivity index (χ0n) is 29.4. The van der Waals surface area contributed by atoms with Crippen molar-refractivity contribution in [2.45, 2.75) is 104 Å². The minimum Gasteiger partial charge on any atom is -1.00 e. The Morgan fingerprint density at radius 2 is 0.840 bits per heavy atom. The van der Waals surface area contributed by atoms with Gasteiger partial charge in [-0.05, 0) is 74.6 Å². The standard InChI is InChI=1S/2C14H19.2C7H6O2.2ClH.2Ti/c2*1-10-11-6-2-4-8-13(11)14-9-5-3-7-12(10)14;2*8-7(9)6-4-2-1-3-5-6;;;;/h2*6,10H,2-5,7-9H2,1H3;2*1-5H,(H,8,9);2*1H;;/q2*-1;;;;;;/p-2. The summed E-state index contributed by atoms with van der Waals surface area (Å²) in [5.41, 5.74) is 14.8. The second kappa shape index (κ2) is 22.9. The van der Waals surface area contributed by atoms with Crippen molar-refractivity contribution in [1.29, 1.82) is 0 Å². The van der Waals surface area contributed by atoms with Crippen LogP contribution in [0.25, 0.3) is 0 Å². The van der Waals surface area contributed by atoms with Crippen LogP contribution in [0.5, 0.6) is 0 Å². The van der Waals surface area contributed by atoms with Crippen molar-refractivity contribution < 1.29 is 88.1 Å². The summed E-state index contributed by atoms with van der Waals surface area (Å²) in [7, 11) is 0. The van der Waals surface area contributed by atoms with Crippen LogP contribution in [0.1, 0.15) is 124 Å². The molecule has 0 fully saturated rings. The van der Waals surface area contributed by atoms with Gasteiger partial charge in [-0.25, -0.2) is 33.6 Å². The van der Waals surface area contributed by atoms with Gasteiger partial charge in [-0.2, -0.15) is 11.1 Å². The molecule has 4 nitrogen and oxygen atoms in total. The van der Waals surface area contributed by atoms with E-state index in [-0.39, 0.29) is 68.2 Å². The molecule has 268 valence electrons. The molecule has 2 aromatic carbocycles. The Kier molecular flexibility index (Phi) is 21.1. The second-order valence-corrected chi connectivity index (χ2v) is 13.3. The van der Waals surface area contributed by atoms with Gasteiger partial charge in [0, 0.05) is 43.4 Å². The molecule has 0 saturated heterocycles. The van der Waals surface area contributed by atoms with Crippen LogP contribution in [-0.4, -0.2) is 22.2 Å². The first-order chi connectivity index (χ1) is 22.4. The van der Waals surface area contributed by atoms with E-state index in [4.69, 9.17) is 10.2 Å². The van der Waals surface area contributed by atoms with Gasteiger partial charge in [0.1, 0.15) is 0 Å². The molecule has 0 aliphatic heterocycles. The molecule has 2 N–H and O–H groups in total. The molecule has 6 aliphatic rings. The Bertz CT molecular complexity index is 1350. The van der Waals surface area contributed by atoms with E-state index in [1.165, 1.54) is 89.9 Å². The molecule has 0 saturated carbocycles. The number of allylic oxidation sites excluding steroid dienone is 8. The smallest absolute Gasteiger partial charge is 0.335 e. The molecule has 2 atom stereocenters. The number of carboxylic acids is 2. The van der Waals surface area contributed by atoms with Crippen molar-refractivity contribution in [2.75, 3.05) is 0 Å². The zero-order chi connectivity index (χ0) is 32.5. The molecule has 2 unspecified atom stereocenters. The van der Waals surface area contributed by atoms with Gasteiger partial charge in [0.2, 0.25) is 0 Å². The summed E-state index contributed by atoms with van der Waals surface area (Å²) in [5, 5.41) is 16.8. The van der Waals surface area contributed by atoms with Crippen molar-refractivity contribution in [3.8, 4) is 0 Å². The minimum absolute atomic E-state index is 0. The molecule has 6 aliphatic carbocycles. The number of halogens is 2. The molecule has 0 spiro atoms. The Labute approximate surface area is 342 Å². The minimum atomic E-state index is -0.879. The van der Waals surface area contributed by atoms with Crippen LogP contribution in [0.2, 0.25) is 0 Å². The molecular weight excluding hydrogens is 735 g/mol. The van der Waals surface area contributed by atoms with Gasteiger partial charge in [-0.3, -0.25) is 0 Å². The van der Waals surface area contributed by atoms with Gasteiger partial charge in [0.15, 0.2) is 0 Å². The zero-order valence-corrected chi connectivity index (χ0v) is 34.1. The fraction of sp³-hybridized carbons (Fsp3) is 0.429. The number of hydrogen-bond acceptors (Lipinski definition) is 2. The van der Waals surface area contributed by atoms with E-state index < -0.39 is 11.9 Å². The summed E-state index contributed by atoms with van der Waals surface area (Å²) in [6, 6.07) is 16.6. The first-order valence-electron chi connectivity index (χ1n) is 17.5. The van der Waals surface area contributed by atoms with E-state index in [2.05, 4.69) is 26.7 Å². The monoisotopic (exact) mass is 784 g/mol. The van der Waals surface area contributed by atoms with E-state index in [0.717, 1.165) is 11.8 Å². The summed E-state index contributed by atoms with van der Waals surface area (Å²) in [4.78, 5) is 20.4. The molecule has 0 amide bonds. The molecule has 0 bridgehead atoms. The average Bonchev–Trinajstić information content (AvgIpc) is 3.57. The number of aromatic carboxylic acids is 2. The molecule has 0 aromatic heterocycles. The first kappa shape index (κ1) is 46.1. The molecular formula is C42H50Cl2O4Ti2-4. The van der Waals surface area contributed by atoms with Crippen LogP contribution < -0.4 is 24.8 Å². The summed E-state index contributed by atoms with van der Waals surface area (Å²) in [5.74, 6) is -0.201. The van der Waals surface area contributed by atoms with Gasteiger partial charge in [0.25, 0.3) is 0 Å². The topological polar surface area (TPSA) is 74.6 Å². The van der Waals surface area contributed by atoms with Gasteiger partial charge >= 0.3 is 11.9 Å². The van der Waals surface area contributed by atoms with E-state index in [1.54, 1.807) is 105 Å². The molecule has 8 heteroatoms. The number of carboxylic acid groups (broad SMARTS) is 2. The summed E-state index contributed by atoms with van der Waals surface area (Å²) in [6.45, 7) is 4.84. The molecule has 0 heterocycles. The predicted octanol–water partition coefficient (Wildman–Crippen LogP) is 5.16. The fourth-order valence-corrected chi connectivity index (χ4v) is 8.17. The van der Waals surface area contributed by atoms with Gasteiger partial charge in [-0.15, -0.1) is 24.0 Å². The van der Waals surface area contributed by atoms with Crippen molar-refractivity contribution in [2.24, 2.45) is 11.8 Å². The normalized spacial score (nSPS) is 20.8. The quantitative estimate of drug-likeness (QED) is 0.327. The Morgan fingerprint density at radius 1 is 0.520 bits per heavy atom. The number of benzene rings is 2. The van der Waals surface area contributed by atoms with Crippen LogP contribution in [0, 0.1) is 24.7 Å². The summed E-state index contributed by atoms with van der Waals surface area (Å²) >= 11 is 0. The summed E-state index contributed by atoms with van der Waals surface area (Å²) in [6.07, 6.45) is 24.5. The molecule has 50 heavy (non-hydrogen) atoms. The average molecular weight is 785 g/mol. The Morgan fingerprint density at radius 3 is 1.16 bits per heavy atom. The number of rotatable bonds is 2. The number of fused-ring (bicyclic) bond motifs is 2. The van der Waals surface area contributed by atoms with E-state index in [1.807, 2.05) is 0 Å². The predicted molar refractivity (Wildman–Crippen MR) is 186 cm³/mol. The van der Waals surface area contributed by atoms with Crippen LogP contribution in [0.4, 0.5) is 0 Å². The first-order valence-corrected chi connectivity index (χ1v) is 17.5. The third-order valence-electron chi connectivity index (χ3n) is 10.5. The summed E-state index contributed by atoms with van der Waals surface area (Å²) < 4.78 is 0. The number of carbonyl (C=O) groups is 2. The van der Waals surface area contributed by atoms with Crippen LogP contribution in [0.15, 0.2) is 105 Å². The van der Waals surface area contributed by atoms with Crippen LogP contribution in [-0.2, 0) is 43.4 Å². The van der Waals surface area contributed by atoms with Crippen molar-refractivity contribution in [1.82, 2.24) is 0 Å². The molecule has 0 radical (unpaired) electrons. The fourth-order valence-electron chi connectivity index (χ4n) is 8.17. The van der Waals surface area contributed by atoms with Gasteiger partial charge in [-0.1, -0.05) is 99.9 Å². The van der Waals surface area contributed by atoms with Crippen molar-refractivity contribution >= 4 is 11.9 Å². The van der Waals surface area contributed by atoms with Gasteiger partial charge < -0.3 is 35.0 Å².